The van der Waals surface area contributed by atoms with E-state index in [-0.39, 0.29) is 35.8 Å². The van der Waals surface area contributed by atoms with Crippen LogP contribution in [0.4, 0.5) is 0 Å². The Hall–Kier alpha value is -2.44. The summed E-state index contributed by atoms with van der Waals surface area (Å²) in [5.41, 5.74) is 0.319. The van der Waals surface area contributed by atoms with E-state index >= 15 is 0 Å². The molecule has 0 saturated carbocycles. The molecule has 1 aromatic rings. The quantitative estimate of drug-likeness (QED) is 0.762. The Morgan fingerprint density at radius 2 is 1.71 bits per heavy atom. The third-order valence-electron chi connectivity index (χ3n) is 3.85. The first kappa shape index (κ1) is 17.9. The van der Waals surface area contributed by atoms with Crippen molar-refractivity contribution in [1.29, 1.82) is 0 Å². The molecule has 24 heavy (non-hydrogen) atoms. The Labute approximate surface area is 140 Å². The van der Waals surface area contributed by atoms with E-state index in [4.69, 9.17) is 9.47 Å². The van der Waals surface area contributed by atoms with Crippen molar-refractivity contribution < 1.29 is 23.9 Å². The fraction of sp³-hybridized carbons (Fsp3) is 0.529. The zero-order valence-corrected chi connectivity index (χ0v) is 14.0. The number of piperidine rings is 1. The average Bonchev–Trinajstić information content (AvgIpc) is 2.62. The number of hydrogen-bond acceptors (Lipinski definition) is 6. The second-order valence-electron chi connectivity index (χ2n) is 5.45. The number of nitrogens with zero attached hydrogens (tertiary/aromatic N) is 2. The molecule has 0 aromatic carbocycles. The highest BCUT2D eigenvalue weighted by Gasteiger charge is 2.29. The minimum Gasteiger partial charge on any atom is -0.466 e. The molecule has 1 aliphatic rings. The van der Waals surface area contributed by atoms with Gasteiger partial charge in [0.25, 0.3) is 5.91 Å². The highest BCUT2D eigenvalue weighted by Crippen LogP contribution is 2.20. The summed E-state index contributed by atoms with van der Waals surface area (Å²) >= 11 is 0. The molecule has 7 nitrogen and oxygen atoms in total. The second kappa shape index (κ2) is 8.42. The maximum Gasteiger partial charge on any atom is 0.356 e. The molecule has 1 saturated heterocycles. The SMILES string of the molecule is CCOC(=O)c1cccc(C(=O)N2CCC(C(=O)OCC)CC2)n1. The molecule has 2 heterocycles. The molecule has 0 N–H and O–H groups in total. The van der Waals surface area contributed by atoms with Gasteiger partial charge in [-0.3, -0.25) is 9.59 Å². The lowest BCUT2D eigenvalue weighted by molar-refractivity contribution is -0.149. The third kappa shape index (κ3) is 4.31. The first-order valence-corrected chi connectivity index (χ1v) is 8.16. The van der Waals surface area contributed by atoms with Crippen molar-refractivity contribution >= 4 is 17.8 Å². The summed E-state index contributed by atoms with van der Waals surface area (Å²) in [6.45, 7) is 5.03. The monoisotopic (exact) mass is 334 g/mol. The Morgan fingerprint density at radius 1 is 1.08 bits per heavy atom. The van der Waals surface area contributed by atoms with E-state index in [1.165, 1.54) is 6.07 Å². The molecular formula is C17H22N2O5. The number of esters is 2. The van der Waals surface area contributed by atoms with Crippen LogP contribution in [0.15, 0.2) is 18.2 Å². The number of pyridine rings is 1. The average molecular weight is 334 g/mol. The van der Waals surface area contributed by atoms with Crippen molar-refractivity contribution in [2.75, 3.05) is 26.3 Å². The highest BCUT2D eigenvalue weighted by molar-refractivity contribution is 5.94. The number of carbonyl (C=O) groups is 3. The summed E-state index contributed by atoms with van der Waals surface area (Å²) in [6, 6.07) is 4.70. The summed E-state index contributed by atoms with van der Waals surface area (Å²) in [7, 11) is 0. The molecule has 0 spiro atoms. The zero-order chi connectivity index (χ0) is 17.5. The Kier molecular flexibility index (Phi) is 6.28. The van der Waals surface area contributed by atoms with Gasteiger partial charge in [-0.05, 0) is 38.8 Å². The van der Waals surface area contributed by atoms with E-state index in [0.717, 1.165) is 0 Å². The molecule has 0 atom stereocenters. The predicted octanol–water partition coefficient (Wildman–Crippen LogP) is 1.67. The van der Waals surface area contributed by atoms with Crippen LogP contribution in [0.1, 0.15) is 47.7 Å². The summed E-state index contributed by atoms with van der Waals surface area (Å²) < 4.78 is 9.91. The van der Waals surface area contributed by atoms with Gasteiger partial charge in [-0.2, -0.15) is 0 Å². The van der Waals surface area contributed by atoms with Crippen LogP contribution in [-0.2, 0) is 14.3 Å². The molecule has 130 valence electrons. The summed E-state index contributed by atoms with van der Waals surface area (Å²) in [4.78, 5) is 41.7. The fourth-order valence-electron chi connectivity index (χ4n) is 2.61. The fourth-order valence-corrected chi connectivity index (χ4v) is 2.61. The lowest BCUT2D eigenvalue weighted by Gasteiger charge is -2.30. The van der Waals surface area contributed by atoms with Crippen molar-refractivity contribution in [1.82, 2.24) is 9.88 Å². The van der Waals surface area contributed by atoms with Crippen LogP contribution in [0, 0.1) is 5.92 Å². The van der Waals surface area contributed by atoms with E-state index in [1.807, 2.05) is 0 Å². The topological polar surface area (TPSA) is 85.8 Å². The van der Waals surface area contributed by atoms with E-state index in [0.29, 0.717) is 32.5 Å². The molecule has 1 amide bonds. The van der Waals surface area contributed by atoms with Gasteiger partial charge in [-0.15, -0.1) is 0 Å². The maximum absolute atomic E-state index is 12.5. The lowest BCUT2D eigenvalue weighted by Crippen LogP contribution is -2.41. The number of amides is 1. The number of hydrogen-bond donors (Lipinski definition) is 0. The molecule has 1 aromatic heterocycles. The summed E-state index contributed by atoms with van der Waals surface area (Å²) in [5, 5.41) is 0. The van der Waals surface area contributed by atoms with E-state index in [1.54, 1.807) is 30.9 Å². The van der Waals surface area contributed by atoms with Crippen LogP contribution in [-0.4, -0.2) is 54.0 Å². The van der Waals surface area contributed by atoms with Crippen molar-refractivity contribution in [2.24, 2.45) is 5.92 Å². The van der Waals surface area contributed by atoms with E-state index in [9.17, 15) is 14.4 Å². The van der Waals surface area contributed by atoms with Gasteiger partial charge in [0.2, 0.25) is 0 Å². The van der Waals surface area contributed by atoms with Gasteiger partial charge in [0.15, 0.2) is 0 Å². The van der Waals surface area contributed by atoms with Gasteiger partial charge in [-0.25, -0.2) is 9.78 Å². The van der Waals surface area contributed by atoms with Gasteiger partial charge in [0.1, 0.15) is 11.4 Å². The molecule has 0 unspecified atom stereocenters. The van der Waals surface area contributed by atoms with Crippen molar-refractivity contribution in [3.63, 3.8) is 0 Å². The number of rotatable bonds is 5. The Morgan fingerprint density at radius 3 is 2.33 bits per heavy atom. The number of ether oxygens (including phenoxy) is 2. The summed E-state index contributed by atoms with van der Waals surface area (Å²) in [5.74, 6) is -1.16. The number of aromatic nitrogens is 1. The van der Waals surface area contributed by atoms with Crippen molar-refractivity contribution in [2.45, 2.75) is 26.7 Å². The third-order valence-corrected chi connectivity index (χ3v) is 3.85. The Bertz CT molecular complexity index is 609. The smallest absolute Gasteiger partial charge is 0.356 e. The zero-order valence-electron chi connectivity index (χ0n) is 14.0. The molecule has 0 aliphatic carbocycles. The van der Waals surface area contributed by atoms with Crippen LogP contribution in [0.5, 0.6) is 0 Å². The first-order chi connectivity index (χ1) is 11.6. The molecule has 1 fully saturated rings. The Balaban J connectivity index is 1.99. The largest absolute Gasteiger partial charge is 0.466 e. The van der Waals surface area contributed by atoms with Crippen LogP contribution in [0.3, 0.4) is 0 Å². The van der Waals surface area contributed by atoms with Crippen molar-refractivity contribution in [3.8, 4) is 0 Å². The lowest BCUT2D eigenvalue weighted by atomic mass is 9.97. The van der Waals surface area contributed by atoms with Crippen LogP contribution >= 0.6 is 0 Å². The number of likely N-dealkylation sites (tertiary alicyclic amines) is 1. The van der Waals surface area contributed by atoms with Crippen LogP contribution in [0.25, 0.3) is 0 Å². The predicted molar refractivity (Wildman–Crippen MR) is 85.5 cm³/mol. The first-order valence-electron chi connectivity index (χ1n) is 8.16. The summed E-state index contributed by atoms with van der Waals surface area (Å²) in [6.07, 6.45) is 1.14. The van der Waals surface area contributed by atoms with Gasteiger partial charge in [0.05, 0.1) is 19.1 Å². The van der Waals surface area contributed by atoms with Gasteiger partial charge < -0.3 is 14.4 Å². The molecule has 2 rings (SSSR count). The molecule has 1 aliphatic heterocycles. The maximum atomic E-state index is 12.5. The molecule has 0 bridgehead atoms. The minimum atomic E-state index is -0.548. The van der Waals surface area contributed by atoms with Gasteiger partial charge in [0, 0.05) is 13.1 Å². The van der Waals surface area contributed by atoms with Crippen LogP contribution < -0.4 is 0 Å². The normalized spacial score (nSPS) is 15.0. The standard InChI is InChI=1S/C17H22N2O5/c1-3-23-16(21)12-8-10-19(11-9-12)15(20)13-6-5-7-14(18-13)17(22)24-4-2/h5-7,12H,3-4,8-11H2,1-2H3. The van der Waals surface area contributed by atoms with Gasteiger partial charge in [-0.1, -0.05) is 6.07 Å². The van der Waals surface area contributed by atoms with E-state index < -0.39 is 5.97 Å². The minimum absolute atomic E-state index is 0.115. The van der Waals surface area contributed by atoms with E-state index in [2.05, 4.69) is 4.98 Å². The van der Waals surface area contributed by atoms with Crippen molar-refractivity contribution in [3.05, 3.63) is 29.6 Å². The molecule has 0 radical (unpaired) electrons. The molecular weight excluding hydrogens is 312 g/mol. The second-order valence-corrected chi connectivity index (χ2v) is 5.45. The highest BCUT2D eigenvalue weighted by atomic mass is 16.5. The van der Waals surface area contributed by atoms with Gasteiger partial charge >= 0.3 is 11.9 Å². The molecule has 7 heteroatoms. The van der Waals surface area contributed by atoms with Crippen LogP contribution in [0.2, 0.25) is 0 Å². The number of carbonyl (C=O) groups excluding carboxylic acids is 3.